The number of nitrogens with zero attached hydrogens (tertiary/aromatic N) is 5. The maximum Gasteiger partial charge on any atom is 0.165 e. The van der Waals surface area contributed by atoms with Crippen molar-refractivity contribution in [1.29, 1.82) is 0 Å². The van der Waals surface area contributed by atoms with Crippen molar-refractivity contribution >= 4 is 0 Å². The summed E-state index contributed by atoms with van der Waals surface area (Å²) in [6.07, 6.45) is 1.05. The van der Waals surface area contributed by atoms with Gasteiger partial charge in [-0.1, -0.05) is 30.3 Å². The average molecular weight is 273 g/mol. The summed E-state index contributed by atoms with van der Waals surface area (Å²) < 4.78 is 1.85. The summed E-state index contributed by atoms with van der Waals surface area (Å²) in [6.45, 7) is 3.64. The fourth-order valence-electron chi connectivity index (χ4n) is 2.62. The van der Waals surface area contributed by atoms with Crippen LogP contribution in [0.5, 0.6) is 0 Å². The van der Waals surface area contributed by atoms with Gasteiger partial charge in [-0.15, -0.1) is 5.10 Å². The van der Waals surface area contributed by atoms with Gasteiger partial charge in [0.05, 0.1) is 13.1 Å². The highest BCUT2D eigenvalue weighted by molar-refractivity contribution is 5.14. The van der Waals surface area contributed by atoms with Gasteiger partial charge in [0.15, 0.2) is 5.82 Å². The number of hydrogen-bond acceptors (Lipinski definition) is 5. The van der Waals surface area contributed by atoms with E-state index in [-0.39, 0.29) is 6.61 Å². The highest BCUT2D eigenvalue weighted by Gasteiger charge is 2.23. The minimum Gasteiger partial charge on any atom is -0.396 e. The Balaban J connectivity index is 1.65. The summed E-state index contributed by atoms with van der Waals surface area (Å²) in [6, 6.07) is 10.2. The van der Waals surface area contributed by atoms with Crippen molar-refractivity contribution in [1.82, 2.24) is 25.1 Å². The van der Waals surface area contributed by atoms with Gasteiger partial charge in [-0.3, -0.25) is 4.90 Å². The molecule has 3 rings (SSSR count). The first-order valence-electron chi connectivity index (χ1n) is 6.97. The van der Waals surface area contributed by atoms with Crippen LogP contribution >= 0.6 is 0 Å². The van der Waals surface area contributed by atoms with Crippen LogP contribution in [0.2, 0.25) is 0 Å². The first-order valence-corrected chi connectivity index (χ1v) is 6.97. The second kappa shape index (κ2) is 6.11. The lowest BCUT2D eigenvalue weighted by atomic mass is 10.1. The minimum absolute atomic E-state index is 0.269. The largest absolute Gasteiger partial charge is 0.396 e. The smallest absolute Gasteiger partial charge is 0.165 e. The third-order valence-corrected chi connectivity index (χ3v) is 3.77. The Morgan fingerprint density at radius 2 is 2.05 bits per heavy atom. The number of hydrogen-bond donors (Lipinski definition) is 1. The van der Waals surface area contributed by atoms with Crippen molar-refractivity contribution in [3.8, 4) is 0 Å². The van der Waals surface area contributed by atoms with Crippen LogP contribution in [0.25, 0.3) is 0 Å². The van der Waals surface area contributed by atoms with E-state index in [1.54, 1.807) is 0 Å². The number of rotatable bonds is 5. The molecular weight excluding hydrogens is 254 g/mol. The van der Waals surface area contributed by atoms with Crippen LogP contribution in [-0.2, 0) is 13.1 Å². The average Bonchev–Trinajstić information content (AvgIpc) is 3.10. The Morgan fingerprint density at radius 1 is 1.20 bits per heavy atom. The van der Waals surface area contributed by atoms with Crippen molar-refractivity contribution in [3.63, 3.8) is 0 Å². The summed E-state index contributed by atoms with van der Waals surface area (Å²) in [4.78, 5) is 2.30. The molecule has 1 unspecified atom stereocenters. The fourth-order valence-corrected chi connectivity index (χ4v) is 2.62. The predicted molar refractivity (Wildman–Crippen MR) is 73.8 cm³/mol. The molecule has 1 aliphatic heterocycles. The van der Waals surface area contributed by atoms with Crippen LogP contribution in [-0.4, -0.2) is 49.9 Å². The molecular formula is C14H19N5O. The Labute approximate surface area is 118 Å². The van der Waals surface area contributed by atoms with E-state index < -0.39 is 0 Å². The summed E-state index contributed by atoms with van der Waals surface area (Å²) in [5.74, 6) is 1.28. The zero-order valence-electron chi connectivity index (χ0n) is 11.4. The lowest BCUT2D eigenvalue weighted by Gasteiger charge is -2.14. The van der Waals surface area contributed by atoms with Crippen molar-refractivity contribution in [2.75, 3.05) is 19.7 Å². The van der Waals surface area contributed by atoms with Crippen molar-refractivity contribution in [3.05, 3.63) is 41.7 Å². The fraction of sp³-hybridized carbons (Fsp3) is 0.500. The Hall–Kier alpha value is -1.79. The number of aromatic nitrogens is 4. The number of aliphatic hydroxyl groups is 1. The second-order valence-corrected chi connectivity index (χ2v) is 5.31. The van der Waals surface area contributed by atoms with Gasteiger partial charge in [-0.2, -0.15) is 0 Å². The van der Waals surface area contributed by atoms with Crippen LogP contribution in [0, 0.1) is 5.92 Å². The van der Waals surface area contributed by atoms with Gasteiger partial charge < -0.3 is 5.11 Å². The number of tetrazole rings is 1. The third kappa shape index (κ3) is 3.02. The Bertz CT molecular complexity index is 542. The lowest BCUT2D eigenvalue weighted by molar-refractivity contribution is 0.218. The molecule has 0 spiro atoms. The molecule has 1 saturated heterocycles. The van der Waals surface area contributed by atoms with Crippen molar-refractivity contribution in [2.24, 2.45) is 5.92 Å². The molecule has 6 nitrogen and oxygen atoms in total. The Kier molecular flexibility index (Phi) is 4.03. The van der Waals surface area contributed by atoms with Gasteiger partial charge in [0.25, 0.3) is 0 Å². The van der Waals surface area contributed by atoms with Crippen LogP contribution < -0.4 is 0 Å². The number of aliphatic hydroxyl groups excluding tert-OH is 1. The van der Waals surface area contributed by atoms with Gasteiger partial charge in [0.2, 0.25) is 0 Å². The molecule has 0 bridgehead atoms. The van der Waals surface area contributed by atoms with Crippen LogP contribution in [0.1, 0.15) is 17.8 Å². The molecule has 1 fully saturated rings. The normalized spacial score (nSPS) is 19.6. The molecule has 106 valence electrons. The van der Waals surface area contributed by atoms with Gasteiger partial charge in [-0.05, 0) is 34.9 Å². The molecule has 2 aromatic rings. The predicted octanol–water partition coefficient (Wildman–Crippen LogP) is 0.536. The van der Waals surface area contributed by atoms with Crippen LogP contribution in [0.3, 0.4) is 0 Å². The van der Waals surface area contributed by atoms with Crippen LogP contribution in [0.4, 0.5) is 0 Å². The van der Waals surface area contributed by atoms with E-state index in [1.165, 1.54) is 5.56 Å². The molecule has 1 aromatic carbocycles. The molecule has 0 amide bonds. The Morgan fingerprint density at radius 3 is 2.80 bits per heavy atom. The molecule has 0 aliphatic carbocycles. The molecule has 20 heavy (non-hydrogen) atoms. The molecule has 1 aliphatic rings. The molecule has 2 heterocycles. The highest BCUT2D eigenvalue weighted by atomic mass is 16.3. The molecule has 0 saturated carbocycles. The van der Waals surface area contributed by atoms with E-state index in [0.717, 1.165) is 31.9 Å². The maximum absolute atomic E-state index is 9.19. The van der Waals surface area contributed by atoms with E-state index in [4.69, 9.17) is 0 Å². The zero-order valence-corrected chi connectivity index (χ0v) is 11.4. The highest BCUT2D eigenvalue weighted by Crippen LogP contribution is 2.17. The van der Waals surface area contributed by atoms with Gasteiger partial charge in [0, 0.05) is 13.2 Å². The first kappa shape index (κ1) is 13.2. The van der Waals surface area contributed by atoms with E-state index in [9.17, 15) is 5.11 Å². The third-order valence-electron chi connectivity index (χ3n) is 3.77. The molecule has 1 aromatic heterocycles. The number of benzene rings is 1. The summed E-state index contributed by atoms with van der Waals surface area (Å²) in [5.41, 5.74) is 1.19. The van der Waals surface area contributed by atoms with E-state index in [1.807, 2.05) is 22.9 Å². The molecule has 1 atom stereocenters. The molecule has 0 radical (unpaired) electrons. The molecule has 1 N–H and O–H groups in total. The quantitative estimate of drug-likeness (QED) is 0.861. The number of likely N-dealkylation sites (tertiary alicyclic amines) is 1. The standard InChI is InChI=1S/C14H19N5O/c20-11-13-6-7-18(8-13)10-14-15-16-17-19(14)9-12-4-2-1-3-5-12/h1-5,13,20H,6-11H2. The van der Waals surface area contributed by atoms with Crippen LogP contribution in [0.15, 0.2) is 30.3 Å². The van der Waals surface area contributed by atoms with Crippen molar-refractivity contribution in [2.45, 2.75) is 19.5 Å². The molecule has 6 heteroatoms. The van der Waals surface area contributed by atoms with E-state index in [0.29, 0.717) is 12.5 Å². The van der Waals surface area contributed by atoms with Gasteiger partial charge in [-0.25, -0.2) is 4.68 Å². The van der Waals surface area contributed by atoms with Crippen molar-refractivity contribution < 1.29 is 5.11 Å². The SMILES string of the molecule is OCC1CCN(Cc2nnnn2Cc2ccccc2)C1. The van der Waals surface area contributed by atoms with Gasteiger partial charge in [0.1, 0.15) is 0 Å². The maximum atomic E-state index is 9.19. The minimum atomic E-state index is 0.269. The summed E-state index contributed by atoms with van der Waals surface area (Å²) in [5, 5.41) is 21.2. The monoisotopic (exact) mass is 273 g/mol. The summed E-state index contributed by atoms with van der Waals surface area (Å²) in [7, 11) is 0. The van der Waals surface area contributed by atoms with Gasteiger partial charge >= 0.3 is 0 Å². The second-order valence-electron chi connectivity index (χ2n) is 5.31. The van der Waals surface area contributed by atoms with E-state index in [2.05, 4.69) is 32.6 Å². The summed E-state index contributed by atoms with van der Waals surface area (Å²) >= 11 is 0. The lowest BCUT2D eigenvalue weighted by Crippen LogP contribution is -2.23. The zero-order chi connectivity index (χ0) is 13.8. The first-order chi connectivity index (χ1) is 9.85. The van der Waals surface area contributed by atoms with E-state index >= 15 is 0 Å². The topological polar surface area (TPSA) is 67.1 Å².